The summed E-state index contributed by atoms with van der Waals surface area (Å²) >= 11 is 0. The molecule has 1 aliphatic carbocycles. The van der Waals surface area contributed by atoms with Crippen molar-refractivity contribution in [2.24, 2.45) is 11.7 Å². The average Bonchev–Trinajstić information content (AvgIpc) is 2.77. The van der Waals surface area contributed by atoms with E-state index >= 15 is 0 Å². The molecule has 0 bridgehead atoms. The first-order valence-electron chi connectivity index (χ1n) is 6.50. The Hall–Kier alpha value is -0.0500. The minimum atomic E-state index is -4.31. The molecule has 1 rings (SSSR count). The second-order valence-electron chi connectivity index (χ2n) is 5.04. The lowest BCUT2D eigenvalue weighted by atomic mass is 9.99. The topological polar surface area (TPSA) is 72.2 Å². The van der Waals surface area contributed by atoms with Gasteiger partial charge in [-0.1, -0.05) is 12.8 Å². The van der Waals surface area contributed by atoms with Gasteiger partial charge >= 0.3 is 6.18 Å². The summed E-state index contributed by atoms with van der Waals surface area (Å²) in [5, 5.41) is 0. The Morgan fingerprint density at radius 1 is 1.25 bits per heavy atom. The number of alkyl halides is 3. The molecule has 9 heteroatoms. The Labute approximate surface area is 124 Å². The summed E-state index contributed by atoms with van der Waals surface area (Å²) in [6, 6.07) is -0.349. The molecule has 1 aliphatic rings. The highest BCUT2D eigenvalue weighted by atomic mass is 35.5. The second-order valence-corrected chi connectivity index (χ2v) is 6.92. The molecule has 0 saturated heterocycles. The summed E-state index contributed by atoms with van der Waals surface area (Å²) in [4.78, 5) is 0. The van der Waals surface area contributed by atoms with Crippen LogP contribution in [-0.2, 0) is 10.0 Å². The lowest BCUT2D eigenvalue weighted by Crippen LogP contribution is -2.45. The first-order chi connectivity index (χ1) is 8.73. The third kappa shape index (κ3) is 7.66. The number of nitrogens with one attached hydrogen (secondary N) is 1. The van der Waals surface area contributed by atoms with Gasteiger partial charge in [0.2, 0.25) is 10.0 Å². The molecular formula is C11H22ClF3N2O2S. The fourth-order valence-corrected chi connectivity index (χ4v) is 3.84. The van der Waals surface area contributed by atoms with Crippen molar-refractivity contribution < 1.29 is 21.6 Å². The molecule has 0 radical (unpaired) electrons. The molecule has 0 amide bonds. The number of hydrogen-bond acceptors (Lipinski definition) is 3. The molecule has 1 fully saturated rings. The van der Waals surface area contributed by atoms with Gasteiger partial charge in [-0.2, -0.15) is 13.2 Å². The molecule has 0 spiro atoms. The maximum atomic E-state index is 12.0. The third-order valence-electron chi connectivity index (χ3n) is 3.43. The van der Waals surface area contributed by atoms with E-state index < -0.39 is 34.8 Å². The largest absolute Gasteiger partial charge is 0.389 e. The van der Waals surface area contributed by atoms with Crippen molar-refractivity contribution >= 4 is 22.4 Å². The fraction of sp³-hybridized carbons (Fsp3) is 1.00. The molecule has 0 aliphatic heterocycles. The molecule has 0 aromatic heterocycles. The highest BCUT2D eigenvalue weighted by Crippen LogP contribution is 2.28. The Balaban J connectivity index is 0.00000361. The van der Waals surface area contributed by atoms with E-state index in [0.717, 1.165) is 25.7 Å². The van der Waals surface area contributed by atoms with Crippen molar-refractivity contribution in [2.75, 3.05) is 12.3 Å². The van der Waals surface area contributed by atoms with Crippen molar-refractivity contribution in [1.29, 1.82) is 0 Å². The maximum Gasteiger partial charge on any atom is 0.389 e. The molecule has 1 atom stereocenters. The lowest BCUT2D eigenvalue weighted by Gasteiger charge is -2.23. The van der Waals surface area contributed by atoms with Crippen LogP contribution in [0.4, 0.5) is 13.2 Å². The summed E-state index contributed by atoms with van der Waals surface area (Å²) in [5.41, 5.74) is 5.55. The first kappa shape index (κ1) is 19.9. The molecule has 4 nitrogen and oxygen atoms in total. The fourth-order valence-electron chi connectivity index (χ4n) is 2.45. The van der Waals surface area contributed by atoms with Crippen molar-refractivity contribution in [3.63, 3.8) is 0 Å². The number of sulfonamides is 1. The number of hydrogen-bond donors (Lipinski definition) is 2. The van der Waals surface area contributed by atoms with Crippen LogP contribution in [0, 0.1) is 5.92 Å². The van der Waals surface area contributed by atoms with Crippen LogP contribution in [0.3, 0.4) is 0 Å². The normalized spacial score (nSPS) is 18.8. The van der Waals surface area contributed by atoms with Gasteiger partial charge in [0.15, 0.2) is 0 Å². The van der Waals surface area contributed by atoms with Crippen molar-refractivity contribution in [1.82, 2.24) is 4.72 Å². The molecule has 3 N–H and O–H groups in total. The summed E-state index contributed by atoms with van der Waals surface area (Å²) in [6.07, 6.45) is -1.85. The Kier molecular flexibility index (Phi) is 8.39. The van der Waals surface area contributed by atoms with Crippen LogP contribution in [0.5, 0.6) is 0 Å². The summed E-state index contributed by atoms with van der Waals surface area (Å²) in [7, 11) is -3.68. The molecule has 20 heavy (non-hydrogen) atoms. The molecule has 122 valence electrons. The summed E-state index contributed by atoms with van der Waals surface area (Å²) in [6.45, 7) is 0.184. The van der Waals surface area contributed by atoms with Gasteiger partial charge in [0.25, 0.3) is 0 Å². The molecular weight excluding hydrogens is 317 g/mol. The van der Waals surface area contributed by atoms with Crippen LogP contribution in [0.2, 0.25) is 0 Å². The zero-order valence-corrected chi connectivity index (χ0v) is 12.8. The van der Waals surface area contributed by atoms with E-state index in [4.69, 9.17) is 5.73 Å². The molecule has 1 saturated carbocycles. The number of rotatable bonds is 7. The highest BCUT2D eigenvalue weighted by molar-refractivity contribution is 7.89. The van der Waals surface area contributed by atoms with Gasteiger partial charge in [-0.25, -0.2) is 13.1 Å². The lowest BCUT2D eigenvalue weighted by molar-refractivity contribution is -0.134. The Bertz CT molecular complexity index is 370. The van der Waals surface area contributed by atoms with E-state index in [1.165, 1.54) is 0 Å². The van der Waals surface area contributed by atoms with Gasteiger partial charge in [-0.15, -0.1) is 12.4 Å². The standard InChI is InChI=1S/C11H21F3N2O2S.ClH/c12-11(13,14)6-3-7-19(17,18)16-10(8-15)9-4-1-2-5-9;/h9-10,16H,1-8,15H2;1H. The van der Waals surface area contributed by atoms with Crippen LogP contribution in [-0.4, -0.2) is 32.9 Å². The van der Waals surface area contributed by atoms with Crippen LogP contribution >= 0.6 is 12.4 Å². The van der Waals surface area contributed by atoms with Crippen LogP contribution < -0.4 is 10.5 Å². The van der Waals surface area contributed by atoms with E-state index in [1.807, 2.05) is 0 Å². The van der Waals surface area contributed by atoms with Crippen LogP contribution in [0.25, 0.3) is 0 Å². The highest BCUT2D eigenvalue weighted by Gasteiger charge is 2.30. The summed E-state index contributed by atoms with van der Waals surface area (Å²) < 4.78 is 61.8. The van der Waals surface area contributed by atoms with Crippen LogP contribution in [0.15, 0.2) is 0 Å². The van der Waals surface area contributed by atoms with E-state index in [1.54, 1.807) is 0 Å². The quantitative estimate of drug-likeness (QED) is 0.747. The monoisotopic (exact) mass is 338 g/mol. The van der Waals surface area contributed by atoms with E-state index in [9.17, 15) is 21.6 Å². The predicted molar refractivity (Wildman–Crippen MR) is 74.3 cm³/mol. The number of halogens is 4. The first-order valence-corrected chi connectivity index (χ1v) is 8.15. The minimum absolute atomic E-state index is 0. The van der Waals surface area contributed by atoms with E-state index in [2.05, 4.69) is 4.72 Å². The number of nitrogens with two attached hydrogens (primary N) is 1. The van der Waals surface area contributed by atoms with Gasteiger partial charge in [-0.05, 0) is 25.2 Å². The van der Waals surface area contributed by atoms with Crippen molar-refractivity contribution in [3.8, 4) is 0 Å². The van der Waals surface area contributed by atoms with Crippen molar-refractivity contribution in [2.45, 2.75) is 50.7 Å². The minimum Gasteiger partial charge on any atom is -0.329 e. The predicted octanol–water partition coefficient (Wildman–Crippen LogP) is 2.19. The van der Waals surface area contributed by atoms with Gasteiger partial charge in [0, 0.05) is 19.0 Å². The molecule has 0 aromatic carbocycles. The average molecular weight is 339 g/mol. The van der Waals surface area contributed by atoms with Gasteiger partial charge in [0.05, 0.1) is 5.75 Å². The Morgan fingerprint density at radius 2 is 1.80 bits per heavy atom. The van der Waals surface area contributed by atoms with Gasteiger partial charge in [0.1, 0.15) is 0 Å². The third-order valence-corrected chi connectivity index (χ3v) is 4.92. The van der Waals surface area contributed by atoms with Crippen molar-refractivity contribution in [3.05, 3.63) is 0 Å². The SMILES string of the molecule is Cl.NCC(NS(=O)(=O)CCCC(F)(F)F)C1CCCC1. The zero-order chi connectivity index (χ0) is 14.5. The zero-order valence-electron chi connectivity index (χ0n) is 11.2. The second kappa shape index (κ2) is 8.41. The molecule has 0 aromatic rings. The smallest absolute Gasteiger partial charge is 0.329 e. The van der Waals surface area contributed by atoms with E-state index in [0.29, 0.717) is 0 Å². The van der Waals surface area contributed by atoms with E-state index in [-0.39, 0.29) is 30.9 Å². The van der Waals surface area contributed by atoms with Gasteiger partial charge < -0.3 is 5.73 Å². The molecule has 1 unspecified atom stereocenters. The van der Waals surface area contributed by atoms with Crippen LogP contribution in [0.1, 0.15) is 38.5 Å². The molecule has 0 heterocycles. The van der Waals surface area contributed by atoms with Gasteiger partial charge in [-0.3, -0.25) is 0 Å². The maximum absolute atomic E-state index is 12.0. The summed E-state index contributed by atoms with van der Waals surface area (Å²) in [5.74, 6) is -0.294. The Morgan fingerprint density at radius 3 is 2.25 bits per heavy atom.